The number of rotatable bonds is 2. The Kier molecular flexibility index (Phi) is 4.35. The van der Waals surface area contributed by atoms with Gasteiger partial charge in [0.2, 0.25) is 0 Å². The molecule has 0 spiro atoms. The van der Waals surface area contributed by atoms with Crippen LogP contribution in [-0.4, -0.2) is 19.3 Å². The zero-order chi connectivity index (χ0) is 20.3. The molecule has 0 bridgehead atoms. The van der Waals surface area contributed by atoms with Gasteiger partial charge in [0.25, 0.3) is 0 Å². The van der Waals surface area contributed by atoms with Crippen molar-refractivity contribution in [2.24, 2.45) is 7.05 Å². The Morgan fingerprint density at radius 2 is 1.83 bits per heavy atom. The van der Waals surface area contributed by atoms with Crippen LogP contribution in [0.15, 0.2) is 54.4 Å². The average molecular weight is 445 g/mol. The predicted octanol–water partition coefficient (Wildman–Crippen LogP) is 6.18. The van der Waals surface area contributed by atoms with Gasteiger partial charge in [-0.2, -0.15) is 5.10 Å². The predicted molar refractivity (Wildman–Crippen MR) is 119 cm³/mol. The molecule has 0 aliphatic carbocycles. The van der Waals surface area contributed by atoms with Crippen molar-refractivity contribution in [2.45, 2.75) is 13.0 Å². The van der Waals surface area contributed by atoms with Crippen LogP contribution in [0.4, 0.5) is 5.82 Å². The van der Waals surface area contributed by atoms with E-state index in [9.17, 15) is 0 Å². The molecule has 2 aromatic heterocycles. The van der Waals surface area contributed by atoms with Crippen molar-refractivity contribution in [1.82, 2.24) is 19.3 Å². The minimum absolute atomic E-state index is 0.217. The molecule has 0 saturated heterocycles. The molecule has 1 atom stereocenters. The van der Waals surface area contributed by atoms with Gasteiger partial charge in [0, 0.05) is 24.4 Å². The molecule has 29 heavy (non-hydrogen) atoms. The smallest absolute Gasteiger partial charge is 0.141 e. The monoisotopic (exact) mass is 443 g/mol. The van der Waals surface area contributed by atoms with Crippen LogP contribution >= 0.6 is 34.8 Å². The lowest BCUT2D eigenvalue weighted by Crippen LogP contribution is -2.25. The Labute approximate surface area is 182 Å². The number of benzene rings is 2. The van der Waals surface area contributed by atoms with Crippen LogP contribution in [0.2, 0.25) is 15.1 Å². The Hall–Kier alpha value is -2.47. The van der Waals surface area contributed by atoms with Gasteiger partial charge in [-0.05, 0) is 36.8 Å². The Morgan fingerprint density at radius 1 is 1.00 bits per heavy atom. The number of para-hydroxylation sites is 1. The molecule has 146 valence electrons. The molecule has 1 unspecified atom stereocenters. The molecule has 4 aromatic rings. The number of hydrogen-bond acceptors (Lipinski definition) is 3. The van der Waals surface area contributed by atoms with Crippen molar-refractivity contribution in [3.05, 3.63) is 80.8 Å². The maximum atomic E-state index is 6.46. The summed E-state index contributed by atoms with van der Waals surface area (Å²) in [5, 5.41) is 9.67. The standard InChI is InChI=1S/C21H16Cl3N5/c1-11-18(21-27-16-5-3-4-14(23)20(16)28(21)2)19(29-17(26-11)8-9-25-29)12-6-7-13(22)15(24)10-12/h3-10,19,26H,1-2H3. The SMILES string of the molecule is CC1=C(c2nc3cccc(Cl)c3n2C)C(c2ccc(Cl)c(Cl)c2)n2nccc2N1. The van der Waals surface area contributed by atoms with Crippen LogP contribution in [0.5, 0.6) is 0 Å². The van der Waals surface area contributed by atoms with Crippen molar-refractivity contribution >= 4 is 57.2 Å². The highest BCUT2D eigenvalue weighted by atomic mass is 35.5. The normalized spacial score (nSPS) is 16.2. The maximum absolute atomic E-state index is 6.46. The van der Waals surface area contributed by atoms with Crippen LogP contribution in [0.25, 0.3) is 16.6 Å². The van der Waals surface area contributed by atoms with E-state index in [-0.39, 0.29) is 6.04 Å². The number of fused-ring (bicyclic) bond motifs is 2. The summed E-state index contributed by atoms with van der Waals surface area (Å²) < 4.78 is 3.96. The lowest BCUT2D eigenvalue weighted by atomic mass is 9.95. The average Bonchev–Trinajstić information content (AvgIpc) is 3.28. The number of allylic oxidation sites excluding steroid dienone is 2. The zero-order valence-corrected chi connectivity index (χ0v) is 17.9. The summed E-state index contributed by atoms with van der Waals surface area (Å²) in [6, 6.07) is 13.1. The van der Waals surface area contributed by atoms with Gasteiger partial charge in [-0.1, -0.05) is 46.9 Å². The summed E-state index contributed by atoms with van der Waals surface area (Å²) in [4.78, 5) is 4.90. The van der Waals surface area contributed by atoms with Crippen molar-refractivity contribution in [3.8, 4) is 0 Å². The molecule has 0 radical (unpaired) electrons. The van der Waals surface area contributed by atoms with Crippen LogP contribution in [0.3, 0.4) is 0 Å². The fraction of sp³-hybridized carbons (Fsp3) is 0.143. The molecule has 0 amide bonds. The molecule has 3 heterocycles. The summed E-state index contributed by atoms with van der Waals surface area (Å²) in [7, 11) is 1.97. The third-order valence-corrected chi connectivity index (χ3v) is 6.30. The highest BCUT2D eigenvalue weighted by Gasteiger charge is 2.32. The fourth-order valence-corrected chi connectivity index (χ4v) is 4.55. The van der Waals surface area contributed by atoms with Crippen molar-refractivity contribution < 1.29 is 0 Å². The fourth-order valence-electron chi connectivity index (χ4n) is 3.95. The van der Waals surface area contributed by atoms with Crippen LogP contribution < -0.4 is 5.32 Å². The Morgan fingerprint density at radius 3 is 2.59 bits per heavy atom. The van der Waals surface area contributed by atoms with Crippen LogP contribution in [-0.2, 0) is 7.05 Å². The number of nitrogens with zero attached hydrogens (tertiary/aromatic N) is 4. The summed E-state index contributed by atoms with van der Waals surface area (Å²) in [5.74, 6) is 1.72. The number of aromatic nitrogens is 4. The van der Waals surface area contributed by atoms with E-state index in [1.807, 2.05) is 65.7 Å². The number of hydrogen-bond donors (Lipinski definition) is 1. The van der Waals surface area contributed by atoms with Crippen LogP contribution in [0, 0.1) is 0 Å². The molecule has 5 nitrogen and oxygen atoms in total. The molecule has 0 fully saturated rings. The summed E-state index contributed by atoms with van der Waals surface area (Å²) in [6.07, 6.45) is 1.77. The Balaban J connectivity index is 1.79. The first-order valence-corrected chi connectivity index (χ1v) is 10.2. The first-order chi connectivity index (χ1) is 14.0. The van der Waals surface area contributed by atoms with Crippen molar-refractivity contribution in [3.63, 3.8) is 0 Å². The van der Waals surface area contributed by atoms with Gasteiger partial charge in [0.15, 0.2) is 0 Å². The van der Waals surface area contributed by atoms with E-state index in [0.717, 1.165) is 39.5 Å². The van der Waals surface area contributed by atoms with Gasteiger partial charge < -0.3 is 9.88 Å². The highest BCUT2D eigenvalue weighted by molar-refractivity contribution is 6.42. The lowest BCUT2D eigenvalue weighted by Gasteiger charge is -2.30. The summed E-state index contributed by atoms with van der Waals surface area (Å²) in [6.45, 7) is 2.04. The zero-order valence-electron chi connectivity index (χ0n) is 15.6. The quantitative estimate of drug-likeness (QED) is 0.402. The molecular weight excluding hydrogens is 429 g/mol. The minimum Gasteiger partial charge on any atom is -0.344 e. The number of nitrogens with one attached hydrogen (secondary N) is 1. The largest absolute Gasteiger partial charge is 0.344 e. The molecule has 8 heteroatoms. The van der Waals surface area contributed by atoms with E-state index in [1.165, 1.54) is 0 Å². The van der Waals surface area contributed by atoms with Gasteiger partial charge in [0.05, 0.1) is 32.3 Å². The second-order valence-corrected chi connectivity index (χ2v) is 8.22. The molecule has 0 saturated carbocycles. The topological polar surface area (TPSA) is 47.7 Å². The van der Waals surface area contributed by atoms with Gasteiger partial charge in [0.1, 0.15) is 17.7 Å². The third kappa shape index (κ3) is 2.84. The van der Waals surface area contributed by atoms with E-state index in [1.54, 1.807) is 6.20 Å². The second kappa shape index (κ2) is 6.80. The number of imidazole rings is 1. The lowest BCUT2D eigenvalue weighted by molar-refractivity contribution is 0.613. The number of halogens is 3. The summed E-state index contributed by atoms with van der Waals surface area (Å²) in [5.41, 5.74) is 4.69. The van der Waals surface area contributed by atoms with E-state index < -0.39 is 0 Å². The second-order valence-electron chi connectivity index (χ2n) is 7.00. The molecule has 1 aliphatic rings. The molecule has 1 aliphatic heterocycles. The van der Waals surface area contributed by atoms with E-state index in [4.69, 9.17) is 39.8 Å². The first kappa shape index (κ1) is 18.6. The Bertz CT molecular complexity index is 1300. The number of anilines is 1. The van der Waals surface area contributed by atoms with Gasteiger partial charge in [-0.15, -0.1) is 0 Å². The summed E-state index contributed by atoms with van der Waals surface area (Å²) >= 11 is 19.0. The molecule has 2 aromatic carbocycles. The van der Waals surface area contributed by atoms with Crippen LogP contribution in [0.1, 0.15) is 24.4 Å². The highest BCUT2D eigenvalue weighted by Crippen LogP contribution is 2.42. The van der Waals surface area contributed by atoms with Gasteiger partial charge >= 0.3 is 0 Å². The maximum Gasteiger partial charge on any atom is 0.141 e. The van der Waals surface area contributed by atoms with Crippen molar-refractivity contribution in [1.29, 1.82) is 0 Å². The molecular formula is C21H16Cl3N5. The molecule has 1 N–H and O–H groups in total. The van der Waals surface area contributed by atoms with Gasteiger partial charge in [-0.25, -0.2) is 9.67 Å². The molecule has 5 rings (SSSR count). The van der Waals surface area contributed by atoms with E-state index in [2.05, 4.69) is 10.4 Å². The minimum atomic E-state index is -0.217. The first-order valence-electron chi connectivity index (χ1n) is 9.03. The van der Waals surface area contributed by atoms with Crippen molar-refractivity contribution in [2.75, 3.05) is 5.32 Å². The third-order valence-electron chi connectivity index (χ3n) is 5.25. The number of aryl methyl sites for hydroxylation is 1. The van der Waals surface area contributed by atoms with E-state index in [0.29, 0.717) is 15.1 Å². The van der Waals surface area contributed by atoms with Gasteiger partial charge in [-0.3, -0.25) is 0 Å². The van der Waals surface area contributed by atoms with E-state index >= 15 is 0 Å².